The zero-order chi connectivity index (χ0) is 90.9. The Morgan fingerprint density at radius 3 is 1.06 bits per heavy atom. The SMILES string of the molecule is [C-]#[N+]C1=CCC(C(=O)Nc2ccc(C(C)(C)C(=O)O)cc2C2=CCC(C)(C)CC2)=N1.[C-]#[N+]C1=CCC(C(=O)Nc2ccc(CCN3CCN(CC)CC3)cc2C2=CCC(C)(C)CC2)=N1.[C-]#[N+]C1=CCC(C(=O)Nc2ccc(CCN3CCSCC3)cc2C2=CCC(C)(C)CC2)=N1.[C-]#[N+]c1ccc(C(=O)Nc2ccc(C(C)(C)C(=O)O)cc2C2=CCC(C)(C)CC2)o1. The van der Waals surface area contributed by atoms with Crippen molar-refractivity contribution in [2.75, 3.05) is 91.7 Å². The molecule has 14 rings (SSSR count). The highest BCUT2D eigenvalue weighted by Crippen LogP contribution is 2.46. The maximum atomic E-state index is 12.9. The molecule has 660 valence electrons. The van der Waals surface area contributed by atoms with Gasteiger partial charge in [-0.25, -0.2) is 0 Å². The average Bonchev–Trinajstić information content (AvgIpc) is 0.956. The van der Waals surface area contributed by atoms with E-state index in [0.29, 0.717) is 81.4 Å². The lowest BCUT2D eigenvalue weighted by atomic mass is 9.76. The number of piperazine rings is 1. The lowest BCUT2D eigenvalue weighted by molar-refractivity contribution is -0.143. The molecule has 0 spiro atoms. The van der Waals surface area contributed by atoms with Gasteiger partial charge < -0.3 is 65.1 Å². The molecule has 0 atom stereocenters. The van der Waals surface area contributed by atoms with Crippen molar-refractivity contribution in [3.8, 4) is 0 Å². The van der Waals surface area contributed by atoms with Gasteiger partial charge in [0, 0.05) is 128 Å². The van der Waals surface area contributed by atoms with E-state index in [-0.39, 0.29) is 46.0 Å². The number of nitrogens with one attached hydrogen (secondary N) is 4. The molecule has 0 unspecified atom stereocenters. The number of amides is 4. The van der Waals surface area contributed by atoms with Gasteiger partial charge in [-0.2, -0.15) is 16.6 Å². The van der Waals surface area contributed by atoms with E-state index in [1.165, 1.54) is 59.0 Å². The number of furan rings is 1. The first-order chi connectivity index (χ1) is 59.9. The van der Waals surface area contributed by atoms with Gasteiger partial charge in [0.2, 0.25) is 0 Å². The Morgan fingerprint density at radius 1 is 0.429 bits per heavy atom. The summed E-state index contributed by atoms with van der Waals surface area (Å²) in [5.74, 6) is 0.379. The van der Waals surface area contributed by atoms with E-state index >= 15 is 0 Å². The van der Waals surface area contributed by atoms with Crippen LogP contribution in [-0.2, 0) is 47.6 Å². The first-order valence-electron chi connectivity index (χ1n) is 44.1. The molecule has 126 heavy (non-hydrogen) atoms. The summed E-state index contributed by atoms with van der Waals surface area (Å²) in [5, 5.41) is 31.3. The van der Waals surface area contributed by atoms with Crippen LogP contribution in [0.5, 0.6) is 0 Å². The van der Waals surface area contributed by atoms with Crippen LogP contribution in [0.2, 0.25) is 0 Å². The number of thioether (sulfide) groups is 1. The number of carboxylic acid groups (broad SMARTS) is 2. The quantitative estimate of drug-likeness (QED) is 0.0333. The van der Waals surface area contributed by atoms with Crippen molar-refractivity contribution in [3.05, 3.63) is 241 Å². The predicted octanol–water partition coefficient (Wildman–Crippen LogP) is 21.6. The molecule has 9 aliphatic rings. The fourth-order valence-corrected chi connectivity index (χ4v) is 17.3. The highest BCUT2D eigenvalue weighted by Gasteiger charge is 2.36. The Hall–Kier alpha value is -11.6. The van der Waals surface area contributed by atoms with Crippen LogP contribution in [0, 0.1) is 47.9 Å². The summed E-state index contributed by atoms with van der Waals surface area (Å²) >= 11 is 2.04. The maximum absolute atomic E-state index is 12.9. The van der Waals surface area contributed by atoms with Crippen molar-refractivity contribution >= 4 is 115 Å². The third-order valence-electron chi connectivity index (χ3n) is 25.7. The molecule has 6 N–H and O–H groups in total. The van der Waals surface area contributed by atoms with Crippen LogP contribution in [0.3, 0.4) is 0 Å². The van der Waals surface area contributed by atoms with E-state index in [1.54, 1.807) is 70.2 Å². The molecule has 1 aromatic heterocycles. The van der Waals surface area contributed by atoms with E-state index in [9.17, 15) is 39.0 Å². The van der Waals surface area contributed by atoms with Gasteiger partial charge in [-0.3, -0.25) is 28.8 Å². The number of hydrogen-bond donors (Lipinski definition) is 6. The molecule has 5 aliphatic heterocycles. The summed E-state index contributed by atoms with van der Waals surface area (Å²) < 4.78 is 5.23. The number of likely N-dealkylation sites (N-methyl/N-ethyl adjacent to an activating group) is 1. The van der Waals surface area contributed by atoms with Crippen molar-refractivity contribution in [2.24, 2.45) is 36.6 Å². The van der Waals surface area contributed by atoms with Gasteiger partial charge in [0.25, 0.3) is 41.1 Å². The minimum absolute atomic E-state index is 0.0520. The van der Waals surface area contributed by atoms with E-state index in [0.717, 1.165) is 180 Å². The van der Waals surface area contributed by atoms with Crippen LogP contribution in [-0.4, -0.2) is 148 Å². The molecule has 4 aromatic carbocycles. The lowest BCUT2D eigenvalue weighted by Crippen LogP contribution is -2.46. The Kier molecular flexibility index (Phi) is 31.4. The Bertz CT molecular complexity index is 5510. The summed E-state index contributed by atoms with van der Waals surface area (Å²) in [5.41, 5.74) is 15.8. The van der Waals surface area contributed by atoms with Crippen molar-refractivity contribution in [3.63, 3.8) is 0 Å². The normalized spacial score (nSPS) is 18.9. The number of nitrogens with zero attached hydrogens (tertiary/aromatic N) is 10. The molecule has 2 saturated heterocycles. The molecular weight excluding hydrogens is 1600 g/mol. The Balaban J connectivity index is 0.000000163. The first-order valence-corrected chi connectivity index (χ1v) is 45.2. The molecular formula is C102H122N14O9S. The number of benzene rings is 4. The summed E-state index contributed by atoms with van der Waals surface area (Å²) in [6, 6.07) is 26.6. The standard InChI is InChI=1S/C28H37N5O.C26H32N4OS.C24H27N3O3.C24H26N2O4/c1-5-32-16-18-33(19-17-32)15-12-21-6-7-24(31-27(34)25-8-9-26(29-4)30-25)23(20-21)22-10-13-28(2,3)14-11-22;1-26(2)11-8-20(9-12-26)21-18-19(10-13-30-14-16-32-17-15-30)4-5-22(21)29-25(31)23-6-7-24(27-3)28-23;1-23(2)12-10-15(11-13-23)17-14-16(24(3,4)22(29)30)6-7-18(17)27-21(28)19-8-9-20(25-5)26-19;1-23(2)12-10-15(11-13-23)17-14-16(24(3,4)22(28)29)6-7-18(17)26-21(27)19-8-9-20(25-5)30-19/h6-7,9-10,20H,5,8,11-19H2,1-3H3,(H,31,34);4-5,7-8,18H,6,9-17H2,1-2H3,(H,29,31);6-7,9-10,14H,8,11-13H2,1-4H3,(H,27,28)(H,29,30);6-10,14H,11-13H2,1-4H3,(H,26,27)(H,28,29). The minimum Gasteiger partial charge on any atom is -0.481 e. The number of aliphatic imine (C=N–C) groups is 3. The molecule has 23 nitrogen and oxygen atoms in total. The number of rotatable bonds is 23. The summed E-state index contributed by atoms with van der Waals surface area (Å²) in [4.78, 5) is 108. The number of anilines is 4. The van der Waals surface area contributed by atoms with E-state index in [4.69, 9.17) is 30.7 Å². The third kappa shape index (κ3) is 25.4. The van der Waals surface area contributed by atoms with Crippen molar-refractivity contribution in [1.82, 2.24) is 14.7 Å². The number of allylic oxidation sites excluding steroid dienone is 11. The molecule has 4 aliphatic carbocycles. The monoisotopic (exact) mass is 1720 g/mol. The topological polar surface area (TPSA) is 268 Å². The molecule has 2 fully saturated rings. The maximum Gasteiger partial charge on any atom is 0.346 e. The van der Waals surface area contributed by atoms with Crippen molar-refractivity contribution < 1.29 is 43.4 Å². The van der Waals surface area contributed by atoms with E-state index in [2.05, 4.69) is 187 Å². The highest BCUT2D eigenvalue weighted by atomic mass is 32.2. The molecule has 5 aromatic rings. The fraction of sp³-hybridized carbons (Fsp3) is 0.461. The second-order valence-electron chi connectivity index (χ2n) is 38.1. The van der Waals surface area contributed by atoms with Crippen LogP contribution in [0.15, 0.2) is 164 Å². The van der Waals surface area contributed by atoms with Gasteiger partial charge >= 0.3 is 17.8 Å². The van der Waals surface area contributed by atoms with Gasteiger partial charge in [-0.1, -0.05) is 149 Å². The zero-order valence-electron chi connectivity index (χ0n) is 75.6. The predicted molar refractivity (Wildman–Crippen MR) is 508 cm³/mol. The summed E-state index contributed by atoms with van der Waals surface area (Å²) in [6.45, 7) is 65.5. The molecule has 0 radical (unpaired) electrons. The largest absolute Gasteiger partial charge is 0.481 e. The molecule has 0 saturated carbocycles. The number of carboxylic acids is 2. The number of carbonyl (C=O) groups is 6. The summed E-state index contributed by atoms with van der Waals surface area (Å²) in [7, 11) is 0. The van der Waals surface area contributed by atoms with Crippen LogP contribution in [0.1, 0.15) is 241 Å². The van der Waals surface area contributed by atoms with E-state index < -0.39 is 28.7 Å². The fourth-order valence-electron chi connectivity index (χ4n) is 16.3. The van der Waals surface area contributed by atoms with Crippen LogP contribution in [0.4, 0.5) is 28.6 Å². The van der Waals surface area contributed by atoms with Crippen molar-refractivity contribution in [1.29, 1.82) is 0 Å². The first kappa shape index (κ1) is 95.0. The minimum atomic E-state index is -1.06. The molecule has 24 heteroatoms. The van der Waals surface area contributed by atoms with Crippen LogP contribution in [0.25, 0.3) is 41.7 Å². The lowest BCUT2D eigenvalue weighted by Gasteiger charge is -2.34. The second-order valence-corrected chi connectivity index (χ2v) is 39.4. The van der Waals surface area contributed by atoms with Gasteiger partial charge in [-0.05, 0) is 251 Å². The molecule has 6 heterocycles. The Labute approximate surface area is 748 Å². The van der Waals surface area contributed by atoms with Crippen molar-refractivity contribution in [2.45, 2.75) is 210 Å². The third-order valence-corrected chi connectivity index (χ3v) is 26.6. The van der Waals surface area contributed by atoms with Gasteiger partial charge in [0.05, 0.1) is 17.4 Å². The second kappa shape index (κ2) is 41.7. The summed E-state index contributed by atoms with van der Waals surface area (Å²) in [6.07, 6.45) is 29.3. The van der Waals surface area contributed by atoms with Gasteiger partial charge in [0.1, 0.15) is 0 Å². The van der Waals surface area contributed by atoms with Gasteiger partial charge in [-0.15, -0.1) is 15.0 Å². The Morgan fingerprint density at radius 2 is 0.754 bits per heavy atom. The molecule has 0 bridgehead atoms. The zero-order valence-corrected chi connectivity index (χ0v) is 76.4. The van der Waals surface area contributed by atoms with Crippen LogP contribution < -0.4 is 21.3 Å². The van der Waals surface area contributed by atoms with E-state index in [1.807, 2.05) is 30.0 Å². The smallest absolute Gasteiger partial charge is 0.346 e. The highest BCUT2D eigenvalue weighted by molar-refractivity contribution is 7.99. The van der Waals surface area contributed by atoms with Crippen LogP contribution >= 0.6 is 11.8 Å². The van der Waals surface area contributed by atoms with Gasteiger partial charge in [0.15, 0.2) is 22.9 Å². The number of carbonyl (C=O) groups excluding carboxylic acids is 4. The number of hydrogen-bond acceptors (Lipinski definition) is 14. The molecule has 4 amide bonds. The average molecular weight is 1720 g/mol. The number of aliphatic carboxylic acids is 2.